The lowest BCUT2D eigenvalue weighted by molar-refractivity contribution is 0.139. The Labute approximate surface area is 192 Å². The molecule has 0 saturated heterocycles. The van der Waals surface area contributed by atoms with E-state index in [1.807, 2.05) is 6.08 Å². The summed E-state index contributed by atoms with van der Waals surface area (Å²) in [7, 11) is 2.18. The average molecular weight is 435 g/mol. The van der Waals surface area contributed by atoms with Gasteiger partial charge in [0.2, 0.25) is 0 Å². The van der Waals surface area contributed by atoms with Crippen LogP contribution in [0.1, 0.15) is 79.6 Å². The van der Waals surface area contributed by atoms with Crippen LogP contribution in [0.2, 0.25) is 0 Å². The molecule has 180 valence electrons. The number of unbranched alkanes of at least 4 members (excludes halogenated alkanes) is 1. The lowest BCUT2D eigenvalue weighted by Crippen LogP contribution is -2.42. The number of aliphatic hydroxyl groups is 2. The molecule has 6 atom stereocenters. The van der Waals surface area contributed by atoms with Crippen LogP contribution in [0, 0.1) is 23.7 Å². The molecule has 2 aliphatic carbocycles. The summed E-state index contributed by atoms with van der Waals surface area (Å²) in [4.78, 5) is 2.39. The van der Waals surface area contributed by atoms with Crippen LogP contribution in [0.15, 0.2) is 23.8 Å². The molecule has 4 nitrogen and oxygen atoms in total. The van der Waals surface area contributed by atoms with E-state index in [-0.39, 0.29) is 23.7 Å². The third-order valence-corrected chi connectivity index (χ3v) is 7.59. The number of allylic oxidation sites excluding steroid dienone is 1. The Balaban J connectivity index is 1.72. The normalized spacial score (nSPS) is 28.4. The Hall–Kier alpha value is -0.680. The average Bonchev–Trinajstić information content (AvgIpc) is 3.19. The van der Waals surface area contributed by atoms with Gasteiger partial charge in [-0.25, -0.2) is 0 Å². The third kappa shape index (κ3) is 8.64. The van der Waals surface area contributed by atoms with Crippen LogP contribution in [0.3, 0.4) is 0 Å². The van der Waals surface area contributed by atoms with Gasteiger partial charge in [0.25, 0.3) is 0 Å². The fraction of sp³-hybridized carbons (Fsp3) is 0.852. The van der Waals surface area contributed by atoms with E-state index in [1.165, 1.54) is 19.3 Å². The number of rotatable bonds is 13. The first-order chi connectivity index (χ1) is 14.6. The number of hydrogen-bond acceptors (Lipinski definition) is 4. The van der Waals surface area contributed by atoms with E-state index in [1.54, 1.807) is 5.57 Å². The highest BCUT2D eigenvalue weighted by Gasteiger charge is 2.43. The highest BCUT2D eigenvalue weighted by molar-refractivity contribution is 5.21. The smallest absolute Gasteiger partial charge is 0.0723 e. The lowest BCUT2D eigenvalue weighted by atomic mass is 9.88. The maximum atomic E-state index is 10.6. The molecule has 3 N–H and O–H groups in total. The molecular formula is C27H50N2O2. The van der Waals surface area contributed by atoms with E-state index in [0.29, 0.717) is 17.8 Å². The van der Waals surface area contributed by atoms with Crippen LogP contribution >= 0.6 is 0 Å². The Morgan fingerprint density at radius 3 is 2.71 bits per heavy atom. The summed E-state index contributed by atoms with van der Waals surface area (Å²) in [6.45, 7) is 14.3. The molecule has 31 heavy (non-hydrogen) atoms. The summed E-state index contributed by atoms with van der Waals surface area (Å²) in [5.74, 6) is 1.76. The van der Waals surface area contributed by atoms with Crippen molar-refractivity contribution in [2.45, 2.75) is 97.3 Å². The van der Waals surface area contributed by atoms with Gasteiger partial charge < -0.3 is 20.4 Å². The van der Waals surface area contributed by atoms with Crippen LogP contribution in [0.4, 0.5) is 0 Å². The topological polar surface area (TPSA) is 55.7 Å². The van der Waals surface area contributed by atoms with Gasteiger partial charge in [-0.15, -0.1) is 0 Å². The number of likely N-dealkylation sites (N-methyl/N-ethyl adjacent to an activating group) is 1. The molecule has 0 aromatic rings. The molecule has 0 amide bonds. The van der Waals surface area contributed by atoms with E-state index in [2.05, 4.69) is 64.0 Å². The molecule has 4 heteroatoms. The number of aliphatic hydroxyl groups excluding tert-OH is 2. The largest absolute Gasteiger partial charge is 0.392 e. The molecule has 0 spiro atoms. The SMILES string of the molecule is CCCC[C@H](C)C[C@H](O)/C=C/[C@@H]1[C@H]2CC(CCNCCN(C)C(C)(C)C)=C[C@H]2C[C@H]1O. The Kier molecular flexibility index (Phi) is 10.7. The Morgan fingerprint density at radius 1 is 1.29 bits per heavy atom. The standard InChI is InChI=1S/C27H50N2O2/c1-7-8-9-20(2)16-23(30)10-11-24-25-18-21(17-22(25)19-26(24)31)12-13-28-14-15-29(6)27(3,4)5/h10-11,17,20,22-26,28,30-31H,7-9,12-16,18-19H2,1-6H3/b11-10+/t20-,22-,23+,24+,25-,26+/m0/s1. The van der Waals surface area contributed by atoms with E-state index in [9.17, 15) is 10.2 Å². The fourth-order valence-corrected chi connectivity index (χ4v) is 5.16. The van der Waals surface area contributed by atoms with E-state index in [4.69, 9.17) is 0 Å². The van der Waals surface area contributed by atoms with Crippen LogP contribution in [-0.2, 0) is 0 Å². The summed E-state index contributed by atoms with van der Waals surface area (Å²) in [6.07, 6.45) is 13.4. The minimum Gasteiger partial charge on any atom is -0.392 e. The van der Waals surface area contributed by atoms with Gasteiger partial charge in [0.05, 0.1) is 12.2 Å². The highest BCUT2D eigenvalue weighted by atomic mass is 16.3. The van der Waals surface area contributed by atoms with Crippen molar-refractivity contribution in [3.63, 3.8) is 0 Å². The van der Waals surface area contributed by atoms with Crippen molar-refractivity contribution in [3.8, 4) is 0 Å². The van der Waals surface area contributed by atoms with Crippen molar-refractivity contribution in [2.24, 2.45) is 23.7 Å². The van der Waals surface area contributed by atoms with Gasteiger partial charge in [-0.2, -0.15) is 0 Å². The number of hydrogen-bond donors (Lipinski definition) is 3. The summed E-state index contributed by atoms with van der Waals surface area (Å²) in [5.41, 5.74) is 1.77. The van der Waals surface area contributed by atoms with Crippen molar-refractivity contribution in [2.75, 3.05) is 26.7 Å². The lowest BCUT2D eigenvalue weighted by Gasteiger charge is -2.31. The van der Waals surface area contributed by atoms with Crippen LogP contribution in [-0.4, -0.2) is 59.5 Å². The summed E-state index contributed by atoms with van der Waals surface area (Å²) in [6, 6.07) is 0. The third-order valence-electron chi connectivity index (χ3n) is 7.59. The van der Waals surface area contributed by atoms with E-state index >= 15 is 0 Å². The molecule has 0 aliphatic heterocycles. The minimum atomic E-state index is -0.387. The molecule has 0 unspecified atom stereocenters. The second kappa shape index (κ2) is 12.5. The predicted octanol–water partition coefficient (Wildman–Crippen LogP) is 4.77. The molecule has 1 saturated carbocycles. The Bertz CT molecular complexity index is 580. The minimum absolute atomic E-state index is 0.188. The number of nitrogens with zero attached hydrogens (tertiary/aromatic N) is 1. The zero-order chi connectivity index (χ0) is 23.0. The van der Waals surface area contributed by atoms with Crippen LogP contribution in [0.5, 0.6) is 0 Å². The molecule has 0 aromatic heterocycles. The van der Waals surface area contributed by atoms with E-state index < -0.39 is 0 Å². The molecule has 0 heterocycles. The monoisotopic (exact) mass is 434 g/mol. The number of fused-ring (bicyclic) bond motifs is 1. The molecule has 2 rings (SSSR count). The van der Waals surface area contributed by atoms with Crippen molar-refractivity contribution in [1.82, 2.24) is 10.2 Å². The zero-order valence-corrected chi connectivity index (χ0v) is 21.1. The van der Waals surface area contributed by atoms with Crippen molar-refractivity contribution < 1.29 is 10.2 Å². The highest BCUT2D eigenvalue weighted by Crippen LogP contribution is 2.47. The Morgan fingerprint density at radius 2 is 2.03 bits per heavy atom. The first-order valence-electron chi connectivity index (χ1n) is 12.8. The molecule has 0 bridgehead atoms. The quantitative estimate of drug-likeness (QED) is 0.289. The van der Waals surface area contributed by atoms with Gasteiger partial charge in [0, 0.05) is 24.5 Å². The fourth-order valence-electron chi connectivity index (χ4n) is 5.16. The second-order valence-electron chi connectivity index (χ2n) is 11.3. The van der Waals surface area contributed by atoms with Gasteiger partial charge in [0.1, 0.15) is 0 Å². The zero-order valence-electron chi connectivity index (χ0n) is 21.1. The summed E-state index contributed by atoms with van der Waals surface area (Å²) in [5, 5.41) is 24.6. The van der Waals surface area contributed by atoms with Crippen molar-refractivity contribution in [1.29, 1.82) is 0 Å². The molecule has 0 radical (unpaired) electrons. The van der Waals surface area contributed by atoms with Gasteiger partial charge in [-0.3, -0.25) is 0 Å². The van der Waals surface area contributed by atoms with Gasteiger partial charge >= 0.3 is 0 Å². The second-order valence-corrected chi connectivity index (χ2v) is 11.3. The summed E-state index contributed by atoms with van der Waals surface area (Å²) >= 11 is 0. The first-order valence-corrected chi connectivity index (χ1v) is 12.8. The molecular weight excluding hydrogens is 384 g/mol. The van der Waals surface area contributed by atoms with E-state index in [0.717, 1.165) is 45.3 Å². The van der Waals surface area contributed by atoms with Gasteiger partial charge in [-0.05, 0) is 77.8 Å². The van der Waals surface area contributed by atoms with Crippen molar-refractivity contribution >= 4 is 0 Å². The van der Waals surface area contributed by atoms with Gasteiger partial charge in [0.15, 0.2) is 0 Å². The molecule has 2 aliphatic rings. The number of nitrogens with one attached hydrogen (secondary N) is 1. The van der Waals surface area contributed by atoms with Gasteiger partial charge in [-0.1, -0.05) is 56.9 Å². The molecule has 1 fully saturated rings. The molecule has 0 aromatic carbocycles. The summed E-state index contributed by atoms with van der Waals surface area (Å²) < 4.78 is 0. The first kappa shape index (κ1) is 26.6. The van der Waals surface area contributed by atoms with Crippen molar-refractivity contribution in [3.05, 3.63) is 23.8 Å². The maximum Gasteiger partial charge on any atom is 0.0723 e. The predicted molar refractivity (Wildman–Crippen MR) is 132 cm³/mol. The maximum absolute atomic E-state index is 10.6. The van der Waals surface area contributed by atoms with Crippen LogP contribution < -0.4 is 5.32 Å². The van der Waals surface area contributed by atoms with Crippen LogP contribution in [0.25, 0.3) is 0 Å².